The molecule has 0 bridgehead atoms. The predicted molar refractivity (Wildman–Crippen MR) is 87.3 cm³/mol. The third-order valence-corrected chi connectivity index (χ3v) is 4.66. The van der Waals surface area contributed by atoms with Crippen LogP contribution >= 0.6 is 11.3 Å². The van der Waals surface area contributed by atoms with Crippen LogP contribution in [0.2, 0.25) is 0 Å². The standard InChI is InChI=1S/C16H20FN3OS/c1-4-10(2)20(9-12-7-5-6-8-13(12)17)15(21)14-11(3)19-16(18)22-14/h5-8,10H,4,9H2,1-3H3,(H2,18,19). The number of amides is 1. The number of benzene rings is 1. The molecule has 1 unspecified atom stereocenters. The van der Waals surface area contributed by atoms with Crippen LogP contribution in [0.5, 0.6) is 0 Å². The Hall–Kier alpha value is -1.95. The molecule has 2 rings (SSSR count). The molecule has 0 aliphatic heterocycles. The van der Waals surface area contributed by atoms with Crippen LogP contribution in [-0.2, 0) is 6.54 Å². The summed E-state index contributed by atoms with van der Waals surface area (Å²) in [6.45, 7) is 5.95. The van der Waals surface area contributed by atoms with Gasteiger partial charge in [0.25, 0.3) is 5.91 Å². The Morgan fingerprint density at radius 1 is 1.45 bits per heavy atom. The van der Waals surface area contributed by atoms with Crippen molar-refractivity contribution in [2.45, 2.75) is 39.8 Å². The highest BCUT2D eigenvalue weighted by Crippen LogP contribution is 2.24. The smallest absolute Gasteiger partial charge is 0.266 e. The Kier molecular flexibility index (Phi) is 5.13. The van der Waals surface area contributed by atoms with Gasteiger partial charge in [-0.1, -0.05) is 36.5 Å². The third-order valence-electron chi connectivity index (χ3n) is 3.69. The number of halogens is 1. The molecule has 0 aliphatic carbocycles. The highest BCUT2D eigenvalue weighted by atomic mass is 32.1. The van der Waals surface area contributed by atoms with Crippen molar-refractivity contribution in [1.29, 1.82) is 0 Å². The Morgan fingerprint density at radius 2 is 2.14 bits per heavy atom. The molecule has 2 N–H and O–H groups in total. The number of aryl methyl sites for hydroxylation is 1. The van der Waals surface area contributed by atoms with E-state index in [9.17, 15) is 9.18 Å². The number of thiazole rings is 1. The zero-order valence-electron chi connectivity index (χ0n) is 13.0. The monoisotopic (exact) mass is 321 g/mol. The first-order chi connectivity index (χ1) is 10.4. The molecule has 4 nitrogen and oxygen atoms in total. The number of nitrogens with two attached hydrogens (primary N) is 1. The maximum Gasteiger partial charge on any atom is 0.266 e. The Bertz CT molecular complexity index is 671. The number of anilines is 1. The summed E-state index contributed by atoms with van der Waals surface area (Å²) in [5.41, 5.74) is 6.80. The Labute approximate surface area is 133 Å². The van der Waals surface area contributed by atoms with Gasteiger partial charge in [0.15, 0.2) is 5.13 Å². The van der Waals surface area contributed by atoms with Crippen LogP contribution < -0.4 is 5.73 Å². The van der Waals surface area contributed by atoms with E-state index in [-0.39, 0.29) is 24.3 Å². The first-order valence-electron chi connectivity index (χ1n) is 7.21. The number of rotatable bonds is 5. The van der Waals surface area contributed by atoms with Gasteiger partial charge in [0.2, 0.25) is 0 Å². The highest BCUT2D eigenvalue weighted by molar-refractivity contribution is 7.17. The van der Waals surface area contributed by atoms with Gasteiger partial charge in [-0.15, -0.1) is 0 Å². The molecule has 6 heteroatoms. The number of hydrogen-bond donors (Lipinski definition) is 1. The summed E-state index contributed by atoms with van der Waals surface area (Å²) < 4.78 is 13.9. The largest absolute Gasteiger partial charge is 0.375 e. The molecule has 0 saturated heterocycles. The maximum absolute atomic E-state index is 13.9. The minimum atomic E-state index is -0.302. The average molecular weight is 321 g/mol. The molecule has 0 radical (unpaired) electrons. The first-order valence-corrected chi connectivity index (χ1v) is 8.03. The first kappa shape index (κ1) is 16.4. The van der Waals surface area contributed by atoms with Gasteiger partial charge >= 0.3 is 0 Å². The minimum absolute atomic E-state index is 0.00479. The van der Waals surface area contributed by atoms with E-state index in [1.165, 1.54) is 17.4 Å². The summed E-state index contributed by atoms with van der Waals surface area (Å²) in [6, 6.07) is 6.52. The molecule has 1 amide bonds. The van der Waals surface area contributed by atoms with Gasteiger partial charge in [-0.05, 0) is 26.3 Å². The van der Waals surface area contributed by atoms with Crippen LogP contribution in [0.1, 0.15) is 41.2 Å². The molecule has 1 atom stereocenters. The fourth-order valence-corrected chi connectivity index (χ4v) is 2.99. The quantitative estimate of drug-likeness (QED) is 0.915. The van der Waals surface area contributed by atoms with E-state index in [4.69, 9.17) is 5.73 Å². The Balaban J connectivity index is 2.32. The van der Waals surface area contributed by atoms with Gasteiger partial charge in [0.05, 0.1) is 5.69 Å². The molecule has 0 fully saturated rings. The molecule has 118 valence electrons. The van der Waals surface area contributed by atoms with Crippen molar-refractivity contribution < 1.29 is 9.18 Å². The third kappa shape index (κ3) is 3.44. The van der Waals surface area contributed by atoms with Gasteiger partial charge in [0, 0.05) is 18.2 Å². The average Bonchev–Trinajstić information content (AvgIpc) is 2.83. The zero-order valence-corrected chi connectivity index (χ0v) is 13.8. The molecule has 0 saturated carbocycles. The molecule has 22 heavy (non-hydrogen) atoms. The topological polar surface area (TPSA) is 59.2 Å². The van der Waals surface area contributed by atoms with E-state index in [0.717, 1.165) is 6.42 Å². The summed E-state index contributed by atoms with van der Waals surface area (Å²) in [5.74, 6) is -0.451. The SMILES string of the molecule is CCC(C)N(Cc1ccccc1F)C(=O)c1sc(N)nc1C. The van der Waals surface area contributed by atoms with E-state index >= 15 is 0 Å². The van der Waals surface area contributed by atoms with Gasteiger partial charge in [-0.2, -0.15) is 0 Å². The van der Waals surface area contributed by atoms with Crippen LogP contribution in [0.4, 0.5) is 9.52 Å². The number of aromatic nitrogens is 1. The van der Waals surface area contributed by atoms with Gasteiger partial charge in [-0.25, -0.2) is 9.37 Å². The molecular weight excluding hydrogens is 301 g/mol. The van der Waals surface area contributed by atoms with Crippen LogP contribution in [0, 0.1) is 12.7 Å². The van der Waals surface area contributed by atoms with Crippen molar-refractivity contribution in [2.24, 2.45) is 0 Å². The number of nitrogen functional groups attached to an aromatic ring is 1. The summed E-state index contributed by atoms with van der Waals surface area (Å²) in [7, 11) is 0. The molecule has 1 aromatic heterocycles. The number of hydrogen-bond acceptors (Lipinski definition) is 4. The van der Waals surface area contributed by atoms with Crippen molar-refractivity contribution in [3.8, 4) is 0 Å². The fraction of sp³-hybridized carbons (Fsp3) is 0.375. The van der Waals surface area contributed by atoms with Crippen molar-refractivity contribution in [1.82, 2.24) is 9.88 Å². The van der Waals surface area contributed by atoms with Crippen LogP contribution in [0.25, 0.3) is 0 Å². The van der Waals surface area contributed by atoms with Crippen molar-refractivity contribution in [3.63, 3.8) is 0 Å². The lowest BCUT2D eigenvalue weighted by molar-refractivity contribution is 0.0673. The number of carbonyl (C=O) groups is 1. The Morgan fingerprint density at radius 3 is 2.68 bits per heavy atom. The van der Waals surface area contributed by atoms with E-state index in [0.29, 0.717) is 21.3 Å². The summed E-state index contributed by atoms with van der Waals surface area (Å²) in [6.07, 6.45) is 0.785. The van der Waals surface area contributed by atoms with Crippen molar-refractivity contribution in [3.05, 3.63) is 46.2 Å². The number of carbonyl (C=O) groups excluding carboxylic acids is 1. The zero-order chi connectivity index (χ0) is 16.3. The van der Waals surface area contributed by atoms with Crippen LogP contribution in [0.3, 0.4) is 0 Å². The predicted octanol–water partition coefficient (Wildman–Crippen LogP) is 3.61. The second-order valence-electron chi connectivity index (χ2n) is 5.25. The minimum Gasteiger partial charge on any atom is -0.375 e. The van der Waals surface area contributed by atoms with Crippen LogP contribution in [-0.4, -0.2) is 21.8 Å². The highest BCUT2D eigenvalue weighted by Gasteiger charge is 2.25. The molecule has 2 aromatic rings. The second kappa shape index (κ2) is 6.87. The molecule has 1 aromatic carbocycles. The second-order valence-corrected chi connectivity index (χ2v) is 6.28. The van der Waals surface area contributed by atoms with Crippen molar-refractivity contribution >= 4 is 22.4 Å². The number of nitrogens with zero attached hydrogens (tertiary/aromatic N) is 2. The van der Waals surface area contributed by atoms with Gasteiger partial charge in [0.1, 0.15) is 10.7 Å². The van der Waals surface area contributed by atoms with E-state index in [2.05, 4.69) is 4.98 Å². The molecule has 0 aliphatic rings. The normalized spacial score (nSPS) is 12.2. The van der Waals surface area contributed by atoms with Crippen LogP contribution in [0.15, 0.2) is 24.3 Å². The van der Waals surface area contributed by atoms with Crippen molar-refractivity contribution in [2.75, 3.05) is 5.73 Å². The lowest BCUT2D eigenvalue weighted by Gasteiger charge is -2.28. The van der Waals surface area contributed by atoms with Gasteiger partial charge < -0.3 is 10.6 Å². The lowest BCUT2D eigenvalue weighted by atomic mass is 10.1. The van der Waals surface area contributed by atoms with E-state index in [1.807, 2.05) is 13.8 Å². The summed E-state index contributed by atoms with van der Waals surface area (Å²) >= 11 is 1.18. The molecule has 1 heterocycles. The molecule has 0 spiro atoms. The molecular formula is C16H20FN3OS. The van der Waals surface area contributed by atoms with E-state index < -0.39 is 0 Å². The summed E-state index contributed by atoms with van der Waals surface area (Å²) in [4.78, 5) is 19.1. The fourth-order valence-electron chi connectivity index (χ4n) is 2.20. The maximum atomic E-state index is 13.9. The lowest BCUT2D eigenvalue weighted by Crippen LogP contribution is -2.38. The van der Waals surface area contributed by atoms with Gasteiger partial charge in [-0.3, -0.25) is 4.79 Å². The summed E-state index contributed by atoms with van der Waals surface area (Å²) in [5, 5.41) is 0.371. The van der Waals surface area contributed by atoms with E-state index in [1.54, 1.807) is 30.0 Å².